The van der Waals surface area contributed by atoms with Crippen molar-refractivity contribution in [1.29, 1.82) is 0 Å². The van der Waals surface area contributed by atoms with E-state index in [-0.39, 0.29) is 0 Å². The Labute approximate surface area is 152 Å². The van der Waals surface area contributed by atoms with Gasteiger partial charge in [0.15, 0.2) is 0 Å². The second kappa shape index (κ2) is 8.99. The summed E-state index contributed by atoms with van der Waals surface area (Å²) in [5, 5.41) is 7.01. The maximum absolute atomic E-state index is 12.1. The summed E-state index contributed by atoms with van der Waals surface area (Å²) in [5.74, 6) is 0. The maximum Gasteiger partial charge on any atom is 0.339 e. The van der Waals surface area contributed by atoms with Crippen LogP contribution in [0.25, 0.3) is 6.08 Å². The molecule has 0 aliphatic heterocycles. The average Bonchev–Trinajstić information content (AvgIpc) is 2.70. The highest BCUT2D eigenvalue weighted by atomic mass is 16.2. The molecule has 26 heavy (non-hydrogen) atoms. The molecule has 0 aliphatic rings. The Bertz CT molecular complexity index is 888. The van der Waals surface area contributed by atoms with Crippen LogP contribution in [0, 0.1) is 0 Å². The monoisotopic (exact) mass is 341 g/mol. The number of benzene rings is 3. The van der Waals surface area contributed by atoms with Gasteiger partial charge in [0.1, 0.15) is 0 Å². The van der Waals surface area contributed by atoms with Crippen molar-refractivity contribution >= 4 is 23.5 Å². The van der Waals surface area contributed by atoms with Crippen molar-refractivity contribution < 1.29 is 4.79 Å². The van der Waals surface area contributed by atoms with E-state index in [0.29, 0.717) is 11.4 Å². The molecule has 128 valence electrons. The van der Waals surface area contributed by atoms with Crippen LogP contribution in [0.2, 0.25) is 0 Å². The number of nitrogens with zero attached hydrogens (tertiary/aromatic N) is 1. The molecular weight excluding hydrogens is 322 g/mol. The number of rotatable bonds is 5. The number of amides is 2. The van der Waals surface area contributed by atoms with Gasteiger partial charge < -0.3 is 5.32 Å². The molecule has 0 radical (unpaired) electrons. The summed E-state index contributed by atoms with van der Waals surface area (Å²) in [6.07, 6.45) is 3.84. The minimum Gasteiger partial charge on any atom is -0.307 e. The van der Waals surface area contributed by atoms with Gasteiger partial charge in [-0.25, -0.2) is 10.2 Å². The van der Waals surface area contributed by atoms with Crippen molar-refractivity contribution in [3.05, 3.63) is 108 Å². The van der Waals surface area contributed by atoms with E-state index in [0.717, 1.165) is 11.1 Å². The molecule has 2 amide bonds. The fourth-order valence-corrected chi connectivity index (χ4v) is 2.34. The second-order valence-electron chi connectivity index (χ2n) is 5.54. The lowest BCUT2D eigenvalue weighted by atomic mass is 10.1. The summed E-state index contributed by atoms with van der Waals surface area (Å²) < 4.78 is 0. The molecule has 0 aliphatic carbocycles. The molecular formula is C22H19N3O. The number of nitrogens with one attached hydrogen (secondary N) is 2. The summed E-state index contributed by atoms with van der Waals surface area (Å²) in [5.41, 5.74) is 5.90. The number of allylic oxidation sites excluding steroid dienone is 1. The molecule has 0 heterocycles. The molecule has 3 aromatic carbocycles. The minimum atomic E-state index is -0.391. The molecule has 3 aromatic rings. The second-order valence-corrected chi connectivity index (χ2v) is 5.54. The Kier molecular flexibility index (Phi) is 5.94. The number of urea groups is 1. The number of para-hydroxylation sites is 1. The Balaban J connectivity index is 1.75. The lowest BCUT2D eigenvalue weighted by molar-refractivity contribution is 0.252. The minimum absolute atomic E-state index is 0.391. The first kappa shape index (κ1) is 17.2. The lowest BCUT2D eigenvalue weighted by Gasteiger charge is -2.06. The van der Waals surface area contributed by atoms with Gasteiger partial charge in [-0.05, 0) is 23.8 Å². The van der Waals surface area contributed by atoms with E-state index in [1.165, 1.54) is 0 Å². The van der Waals surface area contributed by atoms with Gasteiger partial charge in [0.05, 0.1) is 5.71 Å². The van der Waals surface area contributed by atoms with Crippen molar-refractivity contribution in [3.8, 4) is 0 Å². The highest BCUT2D eigenvalue weighted by Gasteiger charge is 2.03. The van der Waals surface area contributed by atoms with Crippen molar-refractivity contribution in [1.82, 2.24) is 5.43 Å². The van der Waals surface area contributed by atoms with Crippen molar-refractivity contribution in [2.45, 2.75) is 0 Å². The highest BCUT2D eigenvalue weighted by Crippen LogP contribution is 2.07. The summed E-state index contributed by atoms with van der Waals surface area (Å²) in [7, 11) is 0. The average molecular weight is 341 g/mol. The van der Waals surface area contributed by atoms with E-state index < -0.39 is 6.03 Å². The molecule has 0 spiro atoms. The predicted molar refractivity (Wildman–Crippen MR) is 107 cm³/mol. The van der Waals surface area contributed by atoms with E-state index in [4.69, 9.17) is 0 Å². The van der Waals surface area contributed by atoms with Crippen LogP contribution in [0.5, 0.6) is 0 Å². The zero-order valence-corrected chi connectivity index (χ0v) is 14.2. The van der Waals surface area contributed by atoms with E-state index in [1.54, 1.807) is 0 Å². The molecule has 0 saturated heterocycles. The van der Waals surface area contributed by atoms with Crippen LogP contribution in [0.4, 0.5) is 10.5 Å². The van der Waals surface area contributed by atoms with E-state index in [2.05, 4.69) is 15.8 Å². The zero-order chi connectivity index (χ0) is 18.0. The molecule has 0 atom stereocenters. The fraction of sp³-hybridized carbons (Fsp3) is 0. The number of hydrazone groups is 1. The maximum atomic E-state index is 12.1. The topological polar surface area (TPSA) is 53.5 Å². The van der Waals surface area contributed by atoms with Gasteiger partial charge in [0, 0.05) is 11.3 Å². The van der Waals surface area contributed by atoms with Gasteiger partial charge in [-0.3, -0.25) is 0 Å². The third kappa shape index (κ3) is 5.18. The predicted octanol–water partition coefficient (Wildman–Crippen LogP) is 4.93. The number of hydrogen-bond acceptors (Lipinski definition) is 2. The molecule has 0 saturated carbocycles. The normalized spacial score (nSPS) is 11.3. The van der Waals surface area contributed by atoms with Gasteiger partial charge in [0.2, 0.25) is 0 Å². The van der Waals surface area contributed by atoms with Crippen LogP contribution < -0.4 is 10.7 Å². The van der Waals surface area contributed by atoms with Gasteiger partial charge in [-0.1, -0.05) is 84.9 Å². The first-order valence-electron chi connectivity index (χ1n) is 8.29. The van der Waals surface area contributed by atoms with Crippen LogP contribution in [-0.2, 0) is 0 Å². The Morgan fingerprint density at radius 3 is 2.00 bits per heavy atom. The van der Waals surface area contributed by atoms with Crippen LogP contribution in [0.3, 0.4) is 0 Å². The van der Waals surface area contributed by atoms with Gasteiger partial charge in [0.25, 0.3) is 0 Å². The zero-order valence-electron chi connectivity index (χ0n) is 14.2. The SMILES string of the molecule is O=C(NN=C(C=Cc1ccccc1)c1ccccc1)Nc1ccccc1. The van der Waals surface area contributed by atoms with E-state index in [9.17, 15) is 4.79 Å². The molecule has 0 fully saturated rings. The van der Waals surface area contributed by atoms with E-state index in [1.807, 2.05) is 103 Å². The molecule has 4 heteroatoms. The van der Waals surface area contributed by atoms with Crippen molar-refractivity contribution in [3.63, 3.8) is 0 Å². The van der Waals surface area contributed by atoms with Gasteiger partial charge >= 0.3 is 6.03 Å². The molecule has 3 rings (SSSR count). The van der Waals surface area contributed by atoms with Crippen LogP contribution in [0.15, 0.2) is 102 Å². The summed E-state index contributed by atoms with van der Waals surface area (Å²) in [4.78, 5) is 12.1. The Morgan fingerprint density at radius 2 is 1.35 bits per heavy atom. The molecule has 2 N–H and O–H groups in total. The first-order valence-corrected chi connectivity index (χ1v) is 8.29. The smallest absolute Gasteiger partial charge is 0.307 e. The third-order valence-electron chi connectivity index (χ3n) is 3.61. The number of carbonyl (C=O) groups is 1. The number of anilines is 1. The van der Waals surface area contributed by atoms with Gasteiger partial charge in [-0.15, -0.1) is 0 Å². The van der Waals surface area contributed by atoms with Crippen molar-refractivity contribution in [2.24, 2.45) is 5.10 Å². The largest absolute Gasteiger partial charge is 0.339 e. The fourth-order valence-electron chi connectivity index (χ4n) is 2.34. The number of carbonyl (C=O) groups excluding carboxylic acids is 1. The summed E-state index contributed by atoms with van der Waals surface area (Å²) in [6, 6.07) is 28.5. The summed E-state index contributed by atoms with van der Waals surface area (Å²) in [6.45, 7) is 0. The first-order chi connectivity index (χ1) is 12.8. The standard InChI is InChI=1S/C22H19N3O/c26-22(23-20-14-8-3-9-15-20)25-24-21(19-12-6-2-7-13-19)17-16-18-10-4-1-5-11-18/h1-17H,(H2,23,25,26). The van der Waals surface area contributed by atoms with Crippen LogP contribution in [0.1, 0.15) is 11.1 Å². The van der Waals surface area contributed by atoms with Crippen LogP contribution in [-0.4, -0.2) is 11.7 Å². The van der Waals surface area contributed by atoms with Crippen LogP contribution >= 0.6 is 0 Å². The highest BCUT2D eigenvalue weighted by molar-refractivity contribution is 6.11. The molecule has 4 nitrogen and oxygen atoms in total. The number of hydrogen-bond donors (Lipinski definition) is 2. The molecule has 0 aromatic heterocycles. The van der Waals surface area contributed by atoms with Crippen molar-refractivity contribution in [2.75, 3.05) is 5.32 Å². The Hall–Kier alpha value is -3.66. The Morgan fingerprint density at radius 1 is 0.769 bits per heavy atom. The van der Waals surface area contributed by atoms with E-state index >= 15 is 0 Å². The summed E-state index contributed by atoms with van der Waals surface area (Å²) >= 11 is 0. The van der Waals surface area contributed by atoms with Gasteiger partial charge in [-0.2, -0.15) is 5.10 Å². The molecule has 0 bridgehead atoms. The lowest BCUT2D eigenvalue weighted by Crippen LogP contribution is -2.25. The third-order valence-corrected chi connectivity index (χ3v) is 3.61. The quantitative estimate of drug-likeness (QED) is 0.502. The molecule has 0 unspecified atom stereocenters.